The summed E-state index contributed by atoms with van der Waals surface area (Å²) < 4.78 is 0. The van der Waals surface area contributed by atoms with Crippen molar-refractivity contribution in [1.82, 2.24) is 4.98 Å². The Bertz CT molecular complexity index is 275. The average molecular weight is 186 g/mol. The van der Waals surface area contributed by atoms with Crippen molar-refractivity contribution in [2.45, 2.75) is 26.4 Å². The lowest BCUT2D eigenvalue weighted by atomic mass is 10.1. The second kappa shape index (κ2) is 3.87. The molecular weight excluding hydrogens is 174 g/mol. The predicted molar refractivity (Wildman–Crippen MR) is 49.2 cm³/mol. The number of pyridine rings is 1. The van der Waals surface area contributed by atoms with Crippen molar-refractivity contribution in [3.05, 3.63) is 28.5 Å². The molecule has 12 heavy (non-hydrogen) atoms. The van der Waals surface area contributed by atoms with E-state index >= 15 is 0 Å². The Morgan fingerprint density at radius 2 is 2.33 bits per heavy atom. The number of aromatic nitrogens is 1. The zero-order valence-corrected chi connectivity index (χ0v) is 7.97. The fourth-order valence-electron chi connectivity index (χ4n) is 1.10. The first kappa shape index (κ1) is 9.49. The van der Waals surface area contributed by atoms with Gasteiger partial charge in [-0.1, -0.05) is 18.5 Å². The molecule has 0 aliphatic carbocycles. The Hall–Kier alpha value is -0.600. The van der Waals surface area contributed by atoms with Crippen LogP contribution in [-0.2, 0) is 0 Å². The first-order chi connectivity index (χ1) is 5.65. The minimum absolute atomic E-state index is 0.422. The summed E-state index contributed by atoms with van der Waals surface area (Å²) in [5, 5.41) is 9.99. The molecule has 0 aliphatic heterocycles. The zero-order valence-electron chi connectivity index (χ0n) is 7.21. The molecule has 1 aromatic rings. The molecule has 1 rings (SSSR count). The van der Waals surface area contributed by atoms with Gasteiger partial charge in [-0.25, -0.2) is 4.98 Å². The van der Waals surface area contributed by atoms with Crippen LogP contribution in [0.25, 0.3) is 0 Å². The van der Waals surface area contributed by atoms with E-state index in [1.165, 1.54) is 0 Å². The average Bonchev–Trinajstić information content (AvgIpc) is 2.03. The third-order valence-electron chi connectivity index (χ3n) is 1.86. The first-order valence-corrected chi connectivity index (χ1v) is 4.33. The molecule has 1 aromatic heterocycles. The molecule has 0 radical (unpaired) electrons. The molecule has 3 heteroatoms. The maximum Gasteiger partial charge on any atom is 0.129 e. The number of halogens is 1. The Labute approximate surface area is 77.2 Å². The van der Waals surface area contributed by atoms with E-state index in [1.54, 1.807) is 12.3 Å². The molecule has 0 saturated heterocycles. The van der Waals surface area contributed by atoms with Gasteiger partial charge < -0.3 is 5.11 Å². The van der Waals surface area contributed by atoms with Crippen molar-refractivity contribution in [2.75, 3.05) is 0 Å². The zero-order chi connectivity index (χ0) is 9.14. The van der Waals surface area contributed by atoms with Crippen molar-refractivity contribution >= 4 is 11.6 Å². The number of aliphatic hydroxyl groups excluding tert-OH is 1. The summed E-state index contributed by atoms with van der Waals surface area (Å²) in [6.07, 6.45) is 1.91. The Morgan fingerprint density at radius 3 is 2.83 bits per heavy atom. The van der Waals surface area contributed by atoms with Gasteiger partial charge in [0.15, 0.2) is 0 Å². The number of hydrogen-bond donors (Lipinski definition) is 1. The van der Waals surface area contributed by atoms with Crippen LogP contribution in [0.1, 0.15) is 30.6 Å². The standard InChI is InChI=1S/C9H12ClNO/c1-3-8(12)7-5-11-9(10)4-6(7)2/h4-5,8,12H,3H2,1-2H3/t8-/m0/s1. The summed E-state index contributed by atoms with van der Waals surface area (Å²) in [6.45, 7) is 3.85. The van der Waals surface area contributed by atoms with Crippen LogP contribution in [-0.4, -0.2) is 10.1 Å². The number of nitrogens with zero attached hydrogens (tertiary/aromatic N) is 1. The minimum Gasteiger partial charge on any atom is -0.388 e. The van der Waals surface area contributed by atoms with Crippen LogP contribution in [0.5, 0.6) is 0 Å². The van der Waals surface area contributed by atoms with E-state index in [-0.39, 0.29) is 0 Å². The van der Waals surface area contributed by atoms with Crippen molar-refractivity contribution in [2.24, 2.45) is 0 Å². The number of aryl methyl sites for hydroxylation is 1. The normalized spacial score (nSPS) is 13.0. The van der Waals surface area contributed by atoms with Crippen LogP contribution in [0.4, 0.5) is 0 Å². The number of rotatable bonds is 2. The van der Waals surface area contributed by atoms with Gasteiger partial charge in [-0.05, 0) is 25.0 Å². The molecule has 2 nitrogen and oxygen atoms in total. The second-order valence-electron chi connectivity index (χ2n) is 2.79. The summed E-state index contributed by atoms with van der Waals surface area (Å²) in [4.78, 5) is 3.91. The van der Waals surface area contributed by atoms with Gasteiger partial charge in [-0.2, -0.15) is 0 Å². The van der Waals surface area contributed by atoms with Gasteiger partial charge in [-0.3, -0.25) is 0 Å². The fraction of sp³-hybridized carbons (Fsp3) is 0.444. The van der Waals surface area contributed by atoms with Gasteiger partial charge in [0.2, 0.25) is 0 Å². The number of aliphatic hydroxyl groups is 1. The van der Waals surface area contributed by atoms with Gasteiger partial charge in [0, 0.05) is 11.8 Å². The van der Waals surface area contributed by atoms with E-state index in [2.05, 4.69) is 4.98 Å². The van der Waals surface area contributed by atoms with E-state index < -0.39 is 6.10 Å². The van der Waals surface area contributed by atoms with E-state index in [0.29, 0.717) is 11.6 Å². The van der Waals surface area contributed by atoms with Gasteiger partial charge in [0.05, 0.1) is 6.10 Å². The lowest BCUT2D eigenvalue weighted by Gasteiger charge is -2.10. The molecule has 1 heterocycles. The molecule has 1 atom stereocenters. The van der Waals surface area contributed by atoms with E-state index in [0.717, 1.165) is 11.1 Å². The summed E-state index contributed by atoms with van der Waals surface area (Å²) in [5.41, 5.74) is 1.85. The van der Waals surface area contributed by atoms with Crippen LogP contribution in [0.15, 0.2) is 12.3 Å². The van der Waals surface area contributed by atoms with Crippen LogP contribution in [0, 0.1) is 6.92 Å². The molecule has 0 saturated carbocycles. The van der Waals surface area contributed by atoms with Crippen molar-refractivity contribution < 1.29 is 5.11 Å². The molecule has 0 aliphatic rings. The molecule has 0 bridgehead atoms. The maximum absolute atomic E-state index is 9.52. The van der Waals surface area contributed by atoms with Crippen molar-refractivity contribution in [3.8, 4) is 0 Å². The Morgan fingerprint density at radius 1 is 1.67 bits per heavy atom. The molecule has 0 fully saturated rings. The SMILES string of the molecule is CC[C@H](O)c1cnc(Cl)cc1C. The van der Waals surface area contributed by atoms with Crippen molar-refractivity contribution in [1.29, 1.82) is 0 Å². The highest BCUT2D eigenvalue weighted by Crippen LogP contribution is 2.20. The van der Waals surface area contributed by atoms with Crippen molar-refractivity contribution in [3.63, 3.8) is 0 Å². The van der Waals surface area contributed by atoms with Gasteiger partial charge >= 0.3 is 0 Å². The third-order valence-corrected chi connectivity index (χ3v) is 2.07. The van der Waals surface area contributed by atoms with E-state index in [4.69, 9.17) is 11.6 Å². The molecule has 1 N–H and O–H groups in total. The lowest BCUT2D eigenvalue weighted by molar-refractivity contribution is 0.172. The summed E-state index contributed by atoms with van der Waals surface area (Å²) in [5.74, 6) is 0. The molecule has 0 amide bonds. The highest BCUT2D eigenvalue weighted by atomic mass is 35.5. The quantitative estimate of drug-likeness (QED) is 0.719. The molecule has 0 spiro atoms. The summed E-state index contributed by atoms with van der Waals surface area (Å²) >= 11 is 5.67. The fourth-order valence-corrected chi connectivity index (χ4v) is 1.31. The Kier molecular flexibility index (Phi) is 3.06. The highest BCUT2D eigenvalue weighted by molar-refractivity contribution is 6.29. The monoisotopic (exact) mass is 185 g/mol. The van der Waals surface area contributed by atoms with Crippen LogP contribution < -0.4 is 0 Å². The van der Waals surface area contributed by atoms with Crippen LogP contribution in [0.2, 0.25) is 5.15 Å². The second-order valence-corrected chi connectivity index (χ2v) is 3.17. The summed E-state index contributed by atoms with van der Waals surface area (Å²) in [7, 11) is 0. The number of hydrogen-bond acceptors (Lipinski definition) is 2. The molecule has 0 aromatic carbocycles. The Balaban J connectivity index is 3.01. The minimum atomic E-state index is -0.422. The maximum atomic E-state index is 9.52. The summed E-state index contributed by atoms with van der Waals surface area (Å²) in [6, 6.07) is 1.76. The van der Waals surface area contributed by atoms with E-state index in [9.17, 15) is 5.11 Å². The first-order valence-electron chi connectivity index (χ1n) is 3.95. The van der Waals surface area contributed by atoms with E-state index in [1.807, 2.05) is 13.8 Å². The van der Waals surface area contributed by atoms with Gasteiger partial charge in [0.25, 0.3) is 0 Å². The lowest BCUT2D eigenvalue weighted by Crippen LogP contribution is -1.99. The highest BCUT2D eigenvalue weighted by Gasteiger charge is 2.08. The molecule has 66 valence electrons. The predicted octanol–water partition coefficient (Wildman–Crippen LogP) is 2.49. The third kappa shape index (κ3) is 1.96. The smallest absolute Gasteiger partial charge is 0.129 e. The molecular formula is C9H12ClNO. The van der Waals surface area contributed by atoms with Gasteiger partial charge in [-0.15, -0.1) is 0 Å². The van der Waals surface area contributed by atoms with Gasteiger partial charge in [0.1, 0.15) is 5.15 Å². The molecule has 0 unspecified atom stereocenters. The van der Waals surface area contributed by atoms with Crippen LogP contribution in [0.3, 0.4) is 0 Å². The largest absolute Gasteiger partial charge is 0.388 e. The topological polar surface area (TPSA) is 33.1 Å². The van der Waals surface area contributed by atoms with Crippen LogP contribution >= 0.6 is 11.6 Å².